The van der Waals surface area contributed by atoms with E-state index in [1.807, 2.05) is 12.1 Å². The number of para-hydroxylation sites is 1. The van der Waals surface area contributed by atoms with E-state index in [4.69, 9.17) is 0 Å². The van der Waals surface area contributed by atoms with Gasteiger partial charge in [0.25, 0.3) is 0 Å². The molecule has 3 aromatic rings. The molecule has 0 spiro atoms. The summed E-state index contributed by atoms with van der Waals surface area (Å²) in [5, 5.41) is 19.4. The molecule has 0 unspecified atom stereocenters. The SMILES string of the molecule is O=C(O)c1c2ccccc2n2cc(O)ccc12. The quantitative estimate of drug-likeness (QED) is 0.671. The van der Waals surface area contributed by atoms with Crippen LogP contribution < -0.4 is 0 Å². The number of carboxylic acids is 1. The number of benzene rings is 1. The van der Waals surface area contributed by atoms with Crippen LogP contribution in [-0.4, -0.2) is 20.6 Å². The Balaban J connectivity index is 2.62. The number of hydrogen-bond acceptors (Lipinski definition) is 2. The molecule has 0 saturated carbocycles. The Labute approximate surface area is 96.3 Å². The van der Waals surface area contributed by atoms with E-state index < -0.39 is 5.97 Å². The van der Waals surface area contributed by atoms with Crippen molar-refractivity contribution >= 4 is 22.4 Å². The standard InChI is InChI=1S/C13H9NO3/c15-8-5-6-11-12(13(16)17)9-3-1-2-4-10(9)14(11)7-8/h1-7,15H,(H,16,17). The van der Waals surface area contributed by atoms with Crippen LogP contribution in [0.4, 0.5) is 0 Å². The highest BCUT2D eigenvalue weighted by molar-refractivity contribution is 6.11. The monoisotopic (exact) mass is 227 g/mol. The number of aromatic hydroxyl groups is 1. The van der Waals surface area contributed by atoms with Crippen molar-refractivity contribution in [1.82, 2.24) is 4.40 Å². The first-order valence-corrected chi connectivity index (χ1v) is 5.13. The molecule has 2 heterocycles. The zero-order valence-electron chi connectivity index (χ0n) is 8.79. The Hall–Kier alpha value is -2.49. The minimum atomic E-state index is -0.964. The number of hydrogen-bond donors (Lipinski definition) is 2. The molecule has 84 valence electrons. The van der Waals surface area contributed by atoms with E-state index in [1.165, 1.54) is 12.3 Å². The number of rotatable bonds is 1. The van der Waals surface area contributed by atoms with Crippen molar-refractivity contribution in [2.45, 2.75) is 0 Å². The highest BCUT2D eigenvalue weighted by Gasteiger charge is 2.16. The molecule has 3 rings (SSSR count). The molecule has 0 amide bonds. The van der Waals surface area contributed by atoms with Crippen molar-refractivity contribution in [2.75, 3.05) is 0 Å². The van der Waals surface area contributed by atoms with Gasteiger partial charge in [0, 0.05) is 5.39 Å². The number of aromatic nitrogens is 1. The lowest BCUT2D eigenvalue weighted by atomic mass is 10.1. The van der Waals surface area contributed by atoms with Crippen molar-refractivity contribution in [1.29, 1.82) is 0 Å². The molecule has 0 radical (unpaired) electrons. The molecule has 2 aromatic heterocycles. The van der Waals surface area contributed by atoms with Crippen LogP contribution in [0.5, 0.6) is 5.75 Å². The van der Waals surface area contributed by atoms with Gasteiger partial charge in [-0.25, -0.2) is 4.79 Å². The number of carbonyl (C=O) groups is 1. The maximum Gasteiger partial charge on any atom is 0.338 e. The Bertz CT molecular complexity index is 743. The molecule has 1 aromatic carbocycles. The van der Waals surface area contributed by atoms with E-state index in [0.717, 1.165) is 5.52 Å². The summed E-state index contributed by atoms with van der Waals surface area (Å²) in [5.74, 6) is -0.857. The average molecular weight is 227 g/mol. The minimum Gasteiger partial charge on any atom is -0.506 e. The third kappa shape index (κ3) is 1.27. The largest absolute Gasteiger partial charge is 0.506 e. The van der Waals surface area contributed by atoms with E-state index in [-0.39, 0.29) is 11.3 Å². The maximum atomic E-state index is 11.3. The van der Waals surface area contributed by atoms with Crippen molar-refractivity contribution in [3.8, 4) is 5.75 Å². The van der Waals surface area contributed by atoms with Crippen LogP contribution in [0.3, 0.4) is 0 Å². The third-order valence-corrected chi connectivity index (χ3v) is 2.84. The first-order valence-electron chi connectivity index (χ1n) is 5.13. The van der Waals surface area contributed by atoms with Crippen LogP contribution in [0.2, 0.25) is 0 Å². The first kappa shape index (κ1) is 9.72. The van der Waals surface area contributed by atoms with Gasteiger partial charge in [-0.2, -0.15) is 0 Å². The fourth-order valence-corrected chi connectivity index (χ4v) is 2.15. The van der Waals surface area contributed by atoms with E-state index in [2.05, 4.69) is 0 Å². The van der Waals surface area contributed by atoms with E-state index in [0.29, 0.717) is 10.9 Å². The molecule has 0 saturated heterocycles. The average Bonchev–Trinajstić information content (AvgIpc) is 2.63. The Morgan fingerprint density at radius 1 is 1.06 bits per heavy atom. The first-order chi connectivity index (χ1) is 8.18. The fraction of sp³-hybridized carbons (Fsp3) is 0. The lowest BCUT2D eigenvalue weighted by Gasteiger charge is -1.97. The van der Waals surface area contributed by atoms with E-state index in [1.54, 1.807) is 22.6 Å². The summed E-state index contributed by atoms with van der Waals surface area (Å²) in [5.41, 5.74) is 1.62. The van der Waals surface area contributed by atoms with Crippen molar-refractivity contribution in [3.63, 3.8) is 0 Å². The summed E-state index contributed by atoms with van der Waals surface area (Å²) in [6.07, 6.45) is 1.52. The van der Waals surface area contributed by atoms with E-state index >= 15 is 0 Å². The minimum absolute atomic E-state index is 0.107. The van der Waals surface area contributed by atoms with Gasteiger partial charge in [0.1, 0.15) is 5.75 Å². The Morgan fingerprint density at radius 3 is 2.59 bits per heavy atom. The van der Waals surface area contributed by atoms with Crippen molar-refractivity contribution < 1.29 is 15.0 Å². The molecule has 17 heavy (non-hydrogen) atoms. The number of aromatic carboxylic acids is 1. The molecular weight excluding hydrogens is 218 g/mol. The summed E-state index contributed by atoms with van der Waals surface area (Å²) in [6, 6.07) is 10.3. The van der Waals surface area contributed by atoms with Crippen LogP contribution in [0.25, 0.3) is 16.4 Å². The van der Waals surface area contributed by atoms with Crippen molar-refractivity contribution in [2.24, 2.45) is 0 Å². The highest BCUT2D eigenvalue weighted by Crippen LogP contribution is 2.28. The van der Waals surface area contributed by atoms with Gasteiger partial charge in [0.15, 0.2) is 0 Å². The lowest BCUT2D eigenvalue weighted by Crippen LogP contribution is -1.95. The number of nitrogens with zero attached hydrogens (tertiary/aromatic N) is 1. The number of carboxylic acid groups (broad SMARTS) is 1. The highest BCUT2D eigenvalue weighted by atomic mass is 16.4. The van der Waals surface area contributed by atoms with Gasteiger partial charge in [0.05, 0.1) is 22.8 Å². The molecule has 0 bridgehead atoms. The van der Waals surface area contributed by atoms with Crippen LogP contribution in [0.15, 0.2) is 42.6 Å². The summed E-state index contributed by atoms with van der Waals surface area (Å²) in [6.45, 7) is 0. The topological polar surface area (TPSA) is 61.9 Å². The van der Waals surface area contributed by atoms with Gasteiger partial charge in [-0.15, -0.1) is 0 Å². The Morgan fingerprint density at radius 2 is 1.82 bits per heavy atom. The predicted octanol–water partition coefficient (Wildman–Crippen LogP) is 2.50. The van der Waals surface area contributed by atoms with Crippen LogP contribution in [0.1, 0.15) is 10.4 Å². The predicted molar refractivity (Wildman–Crippen MR) is 63.5 cm³/mol. The summed E-state index contributed by atoms with van der Waals surface area (Å²) in [7, 11) is 0. The molecule has 4 nitrogen and oxygen atoms in total. The van der Waals surface area contributed by atoms with Gasteiger partial charge in [-0.1, -0.05) is 18.2 Å². The van der Waals surface area contributed by atoms with Crippen LogP contribution in [0, 0.1) is 0 Å². The molecule has 0 aliphatic heterocycles. The molecule has 0 fully saturated rings. The molecule has 2 N–H and O–H groups in total. The van der Waals surface area contributed by atoms with Gasteiger partial charge in [-0.3, -0.25) is 0 Å². The number of pyridine rings is 1. The molecule has 0 atom stereocenters. The Kier molecular flexibility index (Phi) is 1.86. The summed E-state index contributed by atoms with van der Waals surface area (Å²) < 4.78 is 1.69. The zero-order valence-corrected chi connectivity index (χ0v) is 8.79. The number of fused-ring (bicyclic) bond motifs is 3. The normalized spacial score (nSPS) is 11.1. The smallest absolute Gasteiger partial charge is 0.338 e. The molecule has 0 aliphatic rings. The second-order valence-corrected chi connectivity index (χ2v) is 3.84. The second-order valence-electron chi connectivity index (χ2n) is 3.84. The van der Waals surface area contributed by atoms with Crippen LogP contribution >= 0.6 is 0 Å². The lowest BCUT2D eigenvalue weighted by molar-refractivity contribution is 0.0701. The van der Waals surface area contributed by atoms with E-state index in [9.17, 15) is 15.0 Å². The van der Waals surface area contributed by atoms with Gasteiger partial charge in [0.2, 0.25) is 0 Å². The summed E-state index contributed by atoms with van der Waals surface area (Å²) in [4.78, 5) is 11.3. The fourth-order valence-electron chi connectivity index (χ4n) is 2.15. The zero-order chi connectivity index (χ0) is 12.0. The maximum absolute atomic E-state index is 11.3. The van der Waals surface area contributed by atoms with Crippen molar-refractivity contribution in [3.05, 3.63) is 48.2 Å². The van der Waals surface area contributed by atoms with Crippen LogP contribution in [-0.2, 0) is 0 Å². The van der Waals surface area contributed by atoms with Gasteiger partial charge >= 0.3 is 5.97 Å². The van der Waals surface area contributed by atoms with Gasteiger partial charge in [-0.05, 0) is 18.2 Å². The third-order valence-electron chi connectivity index (χ3n) is 2.84. The van der Waals surface area contributed by atoms with Gasteiger partial charge < -0.3 is 14.6 Å². The second kappa shape index (κ2) is 3.25. The summed E-state index contributed by atoms with van der Waals surface area (Å²) >= 11 is 0. The molecule has 4 heteroatoms. The molecule has 0 aliphatic carbocycles. The molecular formula is C13H9NO3.